The van der Waals surface area contributed by atoms with Crippen molar-refractivity contribution in [1.82, 2.24) is 0 Å². The summed E-state index contributed by atoms with van der Waals surface area (Å²) >= 11 is 0. The molecule has 2 aromatic rings. The van der Waals surface area contributed by atoms with E-state index in [0.29, 0.717) is 29.6 Å². The topological polar surface area (TPSA) is 0 Å². The molecule has 0 nitrogen and oxygen atoms in total. The minimum Gasteiger partial charge on any atom is -0.0995 e. The zero-order valence-corrected chi connectivity index (χ0v) is 26.6. The Labute approximate surface area is 250 Å². The molecule has 0 aliphatic heterocycles. The predicted molar refractivity (Wildman–Crippen MR) is 178 cm³/mol. The smallest absolute Gasteiger partial charge is 0.0264 e. The van der Waals surface area contributed by atoms with Gasteiger partial charge in [0.2, 0.25) is 0 Å². The van der Waals surface area contributed by atoms with Gasteiger partial charge in [-0.3, -0.25) is 0 Å². The van der Waals surface area contributed by atoms with Gasteiger partial charge in [0.15, 0.2) is 0 Å². The molecule has 41 heavy (non-hydrogen) atoms. The normalized spacial score (nSPS) is 26.9. The summed E-state index contributed by atoms with van der Waals surface area (Å²) in [5.41, 5.74) is 17.2. The van der Waals surface area contributed by atoms with E-state index in [1.54, 1.807) is 11.1 Å². The second kappa shape index (κ2) is 12.0. The molecule has 1 fully saturated rings. The number of aryl methyl sites for hydroxylation is 3. The molecule has 0 spiro atoms. The maximum Gasteiger partial charge on any atom is 0.0264 e. The van der Waals surface area contributed by atoms with E-state index in [4.69, 9.17) is 13.2 Å². The molecule has 0 bridgehead atoms. The van der Waals surface area contributed by atoms with Crippen LogP contribution in [-0.4, -0.2) is 0 Å². The van der Waals surface area contributed by atoms with Gasteiger partial charge in [0, 0.05) is 17.8 Å². The van der Waals surface area contributed by atoms with Crippen LogP contribution in [0.2, 0.25) is 0 Å². The number of benzene rings is 2. The van der Waals surface area contributed by atoms with Crippen LogP contribution >= 0.6 is 0 Å². The molecule has 0 N–H and O–H groups in total. The Balaban J connectivity index is 1.58. The van der Waals surface area contributed by atoms with E-state index < -0.39 is 0 Å². The number of allylic oxidation sites excluding steroid dienone is 10. The van der Waals surface area contributed by atoms with E-state index in [0.717, 1.165) is 32.1 Å². The molecule has 3 aliphatic rings. The number of hydrogen-bond acceptors (Lipinski definition) is 0. The summed E-state index contributed by atoms with van der Waals surface area (Å²) in [4.78, 5) is 0. The molecule has 2 aromatic carbocycles. The van der Waals surface area contributed by atoms with Gasteiger partial charge in [-0.15, -0.1) is 0 Å². The van der Waals surface area contributed by atoms with Crippen LogP contribution in [0.25, 0.3) is 0 Å². The van der Waals surface area contributed by atoms with Crippen molar-refractivity contribution in [2.75, 3.05) is 0 Å². The van der Waals surface area contributed by atoms with Gasteiger partial charge in [-0.2, -0.15) is 0 Å². The van der Waals surface area contributed by atoms with Gasteiger partial charge < -0.3 is 0 Å². The second-order valence-corrected chi connectivity index (χ2v) is 13.0. The Hall–Kier alpha value is -3.12. The quantitative estimate of drug-likeness (QED) is 0.291. The van der Waals surface area contributed by atoms with E-state index in [1.165, 1.54) is 55.7 Å². The highest BCUT2D eigenvalue weighted by Gasteiger charge is 2.45. The maximum atomic E-state index is 4.85. The standard InChI is InChI=1S/C41H50/c1-10-13-26(5)38-27(6)21-36-24-35(23-34-20-28(7)39(29(34)8)33-17-14-25(4)15-18-33)30(9)40(36)41(38)37-22-31(11-2)16-19-32(37)12-3/h14-23,27,38-41H,5,9-13,24H2,1-4,6-8H3/b35-23-. The Morgan fingerprint density at radius 1 is 0.976 bits per heavy atom. The first-order valence-corrected chi connectivity index (χ1v) is 16.0. The number of fused-ring (bicyclic) bond motifs is 1. The van der Waals surface area contributed by atoms with Crippen LogP contribution in [0.3, 0.4) is 0 Å². The zero-order valence-electron chi connectivity index (χ0n) is 26.6. The highest BCUT2D eigenvalue weighted by atomic mass is 14.5. The minimum absolute atomic E-state index is 0.355. The fourth-order valence-corrected chi connectivity index (χ4v) is 8.15. The summed E-state index contributed by atoms with van der Waals surface area (Å²) in [5, 5.41) is 0. The molecule has 0 amide bonds. The number of hydrogen-bond donors (Lipinski definition) is 0. The lowest BCUT2D eigenvalue weighted by molar-refractivity contribution is 0.321. The first-order chi connectivity index (χ1) is 19.7. The first kappa shape index (κ1) is 29.4. The molecule has 0 heteroatoms. The fourth-order valence-electron chi connectivity index (χ4n) is 8.15. The minimum atomic E-state index is 0.355. The summed E-state index contributed by atoms with van der Waals surface area (Å²) in [6.07, 6.45) is 12.9. The Kier molecular flexibility index (Phi) is 8.60. The van der Waals surface area contributed by atoms with E-state index in [1.807, 2.05) is 0 Å². The highest BCUT2D eigenvalue weighted by Crippen LogP contribution is 2.57. The molecule has 5 unspecified atom stereocenters. The zero-order chi connectivity index (χ0) is 29.4. The van der Waals surface area contributed by atoms with E-state index >= 15 is 0 Å². The van der Waals surface area contributed by atoms with Crippen LogP contribution in [0.4, 0.5) is 0 Å². The molecule has 5 rings (SSSR count). The Morgan fingerprint density at radius 2 is 1.71 bits per heavy atom. The third-order valence-corrected chi connectivity index (χ3v) is 10.2. The van der Waals surface area contributed by atoms with Crippen LogP contribution in [0.5, 0.6) is 0 Å². The van der Waals surface area contributed by atoms with Gasteiger partial charge in [0.05, 0.1) is 0 Å². The molecular formula is C41H50. The number of rotatable bonds is 8. The SMILES string of the molecule is C=C1/C(=C\C2=C(C)C(c3ccc(C)cc3)C(C)=C2)CC2=CC(C)C(C(=C)CCC)C(c3cc(CC)ccc3CC)C12. The monoisotopic (exact) mass is 542 g/mol. The molecule has 0 radical (unpaired) electrons. The molecule has 1 saturated carbocycles. The lowest BCUT2D eigenvalue weighted by atomic mass is 9.61. The van der Waals surface area contributed by atoms with Gasteiger partial charge >= 0.3 is 0 Å². The van der Waals surface area contributed by atoms with E-state index in [-0.39, 0.29) is 0 Å². The third kappa shape index (κ3) is 5.43. The van der Waals surface area contributed by atoms with Crippen LogP contribution in [-0.2, 0) is 12.8 Å². The molecule has 5 atom stereocenters. The van der Waals surface area contributed by atoms with Crippen LogP contribution in [0.15, 0.2) is 113 Å². The summed E-state index contributed by atoms with van der Waals surface area (Å²) in [7, 11) is 0. The lowest BCUT2D eigenvalue weighted by Gasteiger charge is -2.42. The first-order valence-electron chi connectivity index (χ1n) is 16.0. The molecule has 0 aromatic heterocycles. The molecule has 214 valence electrons. The maximum absolute atomic E-state index is 4.85. The summed E-state index contributed by atoms with van der Waals surface area (Å²) in [6, 6.07) is 16.4. The highest BCUT2D eigenvalue weighted by molar-refractivity contribution is 5.60. The largest absolute Gasteiger partial charge is 0.0995 e. The lowest BCUT2D eigenvalue weighted by Crippen LogP contribution is -2.32. The van der Waals surface area contributed by atoms with Crippen molar-refractivity contribution >= 4 is 0 Å². The molecular weight excluding hydrogens is 492 g/mol. The van der Waals surface area contributed by atoms with Crippen molar-refractivity contribution in [2.45, 2.75) is 92.4 Å². The van der Waals surface area contributed by atoms with Crippen molar-refractivity contribution in [3.8, 4) is 0 Å². The second-order valence-electron chi connectivity index (χ2n) is 13.0. The van der Waals surface area contributed by atoms with Gasteiger partial charge in [-0.1, -0.05) is 136 Å². The predicted octanol–water partition coefficient (Wildman–Crippen LogP) is 11.3. The van der Waals surface area contributed by atoms with Crippen LogP contribution < -0.4 is 0 Å². The van der Waals surface area contributed by atoms with Crippen molar-refractivity contribution in [3.05, 3.63) is 141 Å². The van der Waals surface area contributed by atoms with E-state index in [9.17, 15) is 0 Å². The van der Waals surface area contributed by atoms with Crippen molar-refractivity contribution in [3.63, 3.8) is 0 Å². The fraction of sp³-hybridized carbons (Fsp3) is 0.415. The Morgan fingerprint density at radius 3 is 2.37 bits per heavy atom. The van der Waals surface area contributed by atoms with Gasteiger partial charge in [-0.05, 0) is 97.3 Å². The van der Waals surface area contributed by atoms with Crippen molar-refractivity contribution < 1.29 is 0 Å². The summed E-state index contributed by atoms with van der Waals surface area (Å²) in [5.74, 6) is 2.05. The van der Waals surface area contributed by atoms with Crippen molar-refractivity contribution in [2.24, 2.45) is 17.8 Å². The van der Waals surface area contributed by atoms with Gasteiger partial charge in [0.1, 0.15) is 0 Å². The third-order valence-electron chi connectivity index (χ3n) is 10.2. The van der Waals surface area contributed by atoms with E-state index in [2.05, 4.69) is 109 Å². The van der Waals surface area contributed by atoms with Crippen LogP contribution in [0.1, 0.15) is 100 Å². The molecule has 0 heterocycles. The van der Waals surface area contributed by atoms with Crippen LogP contribution in [0, 0.1) is 24.7 Å². The van der Waals surface area contributed by atoms with Crippen molar-refractivity contribution in [1.29, 1.82) is 0 Å². The van der Waals surface area contributed by atoms with Gasteiger partial charge in [-0.25, -0.2) is 0 Å². The Bertz CT molecular complexity index is 1460. The average molecular weight is 543 g/mol. The molecule has 0 saturated heterocycles. The summed E-state index contributed by atoms with van der Waals surface area (Å²) < 4.78 is 0. The average Bonchev–Trinajstić information content (AvgIpc) is 3.41. The molecule has 3 aliphatic carbocycles. The summed E-state index contributed by atoms with van der Waals surface area (Å²) in [6.45, 7) is 25.6. The van der Waals surface area contributed by atoms with Gasteiger partial charge in [0.25, 0.3) is 0 Å².